The molecule has 0 radical (unpaired) electrons. The van der Waals surface area contributed by atoms with Crippen molar-refractivity contribution in [1.29, 1.82) is 0 Å². The lowest BCUT2D eigenvalue weighted by atomic mass is 10.1. The molecule has 3 aromatic rings. The number of halogens is 1. The average Bonchev–Trinajstić information content (AvgIpc) is 3.14. The first kappa shape index (κ1) is 22.6. The standard InChI is InChI=1S/C26H28FN3O3/c1-18-16-24(19(2)30(18)22-8-10-23(33-3)11-9-22)26(32)29-14-12-28(13-15-29)25(31)17-20-4-6-21(27)7-5-20/h4-11,16H,12-15,17H2,1-3H3. The number of aromatic nitrogens is 1. The fourth-order valence-corrected chi connectivity index (χ4v) is 4.33. The summed E-state index contributed by atoms with van der Waals surface area (Å²) < 4.78 is 20.4. The first-order valence-corrected chi connectivity index (χ1v) is 11.0. The van der Waals surface area contributed by atoms with Crippen LogP contribution in [0.3, 0.4) is 0 Å². The van der Waals surface area contributed by atoms with E-state index in [9.17, 15) is 14.0 Å². The molecule has 6 nitrogen and oxygen atoms in total. The SMILES string of the molecule is COc1ccc(-n2c(C)cc(C(=O)N3CCN(C(=O)Cc4ccc(F)cc4)CC3)c2C)cc1. The second kappa shape index (κ2) is 9.48. The van der Waals surface area contributed by atoms with Crippen molar-refractivity contribution in [2.45, 2.75) is 20.3 Å². The molecule has 1 fully saturated rings. The van der Waals surface area contributed by atoms with Gasteiger partial charge in [0.1, 0.15) is 11.6 Å². The van der Waals surface area contributed by atoms with Crippen molar-refractivity contribution in [3.8, 4) is 11.4 Å². The first-order valence-electron chi connectivity index (χ1n) is 11.0. The van der Waals surface area contributed by atoms with E-state index in [0.717, 1.165) is 28.4 Å². The normalized spacial score (nSPS) is 13.8. The molecule has 0 spiro atoms. The van der Waals surface area contributed by atoms with Crippen LogP contribution in [0.2, 0.25) is 0 Å². The highest BCUT2D eigenvalue weighted by Gasteiger charge is 2.27. The van der Waals surface area contributed by atoms with Gasteiger partial charge in [-0.3, -0.25) is 9.59 Å². The van der Waals surface area contributed by atoms with E-state index in [4.69, 9.17) is 4.74 Å². The fourth-order valence-electron chi connectivity index (χ4n) is 4.33. The summed E-state index contributed by atoms with van der Waals surface area (Å²) in [5.41, 5.74) is 4.30. The summed E-state index contributed by atoms with van der Waals surface area (Å²) in [5, 5.41) is 0. The Morgan fingerprint density at radius 3 is 2.12 bits per heavy atom. The van der Waals surface area contributed by atoms with Crippen molar-refractivity contribution >= 4 is 11.8 Å². The molecule has 0 bridgehead atoms. The molecule has 0 atom stereocenters. The molecule has 1 aliphatic heterocycles. The van der Waals surface area contributed by atoms with Gasteiger partial charge in [0.05, 0.1) is 19.1 Å². The molecular formula is C26H28FN3O3. The summed E-state index contributed by atoms with van der Waals surface area (Å²) in [6.45, 7) is 5.89. The predicted octanol–water partition coefficient (Wildman–Crippen LogP) is 3.77. The van der Waals surface area contributed by atoms with Crippen molar-refractivity contribution in [3.05, 3.63) is 82.9 Å². The van der Waals surface area contributed by atoms with Crippen LogP contribution in [-0.4, -0.2) is 59.5 Å². The molecule has 2 aromatic carbocycles. The quantitative estimate of drug-likeness (QED) is 0.596. The van der Waals surface area contributed by atoms with Gasteiger partial charge in [-0.05, 0) is 61.9 Å². The minimum atomic E-state index is -0.315. The number of ether oxygens (including phenoxy) is 1. The second-order valence-electron chi connectivity index (χ2n) is 8.29. The van der Waals surface area contributed by atoms with Crippen LogP contribution in [0.15, 0.2) is 54.6 Å². The van der Waals surface area contributed by atoms with Gasteiger partial charge in [0.15, 0.2) is 0 Å². The summed E-state index contributed by atoms with van der Waals surface area (Å²) >= 11 is 0. The molecule has 2 heterocycles. The van der Waals surface area contributed by atoms with Crippen molar-refractivity contribution in [2.75, 3.05) is 33.3 Å². The largest absolute Gasteiger partial charge is 0.497 e. The molecular weight excluding hydrogens is 421 g/mol. The predicted molar refractivity (Wildman–Crippen MR) is 124 cm³/mol. The van der Waals surface area contributed by atoms with Gasteiger partial charge in [0.2, 0.25) is 5.91 Å². The summed E-state index contributed by atoms with van der Waals surface area (Å²) in [4.78, 5) is 29.5. The van der Waals surface area contributed by atoms with Gasteiger partial charge in [-0.2, -0.15) is 0 Å². The van der Waals surface area contributed by atoms with Crippen LogP contribution in [0.1, 0.15) is 27.3 Å². The Kier molecular flexibility index (Phi) is 6.49. The first-order chi connectivity index (χ1) is 15.9. The molecule has 0 N–H and O–H groups in total. The highest BCUT2D eigenvalue weighted by atomic mass is 19.1. The number of methoxy groups -OCH3 is 1. The number of rotatable bonds is 5. The maximum atomic E-state index is 13.3. The fraction of sp³-hybridized carbons (Fsp3) is 0.308. The van der Waals surface area contributed by atoms with E-state index in [1.807, 2.05) is 49.1 Å². The smallest absolute Gasteiger partial charge is 0.255 e. The Balaban J connectivity index is 1.41. The minimum absolute atomic E-state index is 0.00797. The molecule has 0 unspecified atom stereocenters. The van der Waals surface area contributed by atoms with Gasteiger partial charge in [-0.25, -0.2) is 4.39 Å². The van der Waals surface area contributed by atoms with Crippen LogP contribution < -0.4 is 4.74 Å². The van der Waals surface area contributed by atoms with Gasteiger partial charge in [-0.1, -0.05) is 12.1 Å². The molecule has 7 heteroatoms. The van der Waals surface area contributed by atoms with Crippen LogP contribution in [0, 0.1) is 19.7 Å². The van der Waals surface area contributed by atoms with Gasteiger partial charge >= 0.3 is 0 Å². The highest BCUT2D eigenvalue weighted by molar-refractivity contribution is 5.96. The Bertz CT molecular complexity index is 1140. The lowest BCUT2D eigenvalue weighted by Crippen LogP contribution is -2.51. The number of hydrogen-bond acceptors (Lipinski definition) is 3. The van der Waals surface area contributed by atoms with Gasteiger partial charge in [0.25, 0.3) is 5.91 Å². The molecule has 0 aliphatic carbocycles. The number of aryl methyl sites for hydroxylation is 1. The summed E-state index contributed by atoms with van der Waals surface area (Å²) in [6.07, 6.45) is 0.233. The Hall–Kier alpha value is -3.61. The van der Waals surface area contributed by atoms with E-state index in [1.54, 1.807) is 24.1 Å². The summed E-state index contributed by atoms with van der Waals surface area (Å²) in [5.74, 6) is 0.439. The van der Waals surface area contributed by atoms with E-state index in [0.29, 0.717) is 31.7 Å². The monoisotopic (exact) mass is 449 g/mol. The third-order valence-corrected chi connectivity index (χ3v) is 6.18. The van der Waals surface area contributed by atoms with E-state index in [2.05, 4.69) is 4.57 Å². The Morgan fingerprint density at radius 2 is 1.52 bits per heavy atom. The molecule has 4 rings (SSSR count). The minimum Gasteiger partial charge on any atom is -0.497 e. The Labute approximate surface area is 193 Å². The van der Waals surface area contributed by atoms with E-state index >= 15 is 0 Å². The zero-order chi connectivity index (χ0) is 23.5. The lowest BCUT2D eigenvalue weighted by Gasteiger charge is -2.35. The number of carbonyl (C=O) groups is 2. The van der Waals surface area contributed by atoms with Crippen LogP contribution >= 0.6 is 0 Å². The van der Waals surface area contributed by atoms with Crippen LogP contribution in [0.25, 0.3) is 5.69 Å². The average molecular weight is 450 g/mol. The Morgan fingerprint density at radius 1 is 0.909 bits per heavy atom. The topological polar surface area (TPSA) is 54.8 Å². The maximum Gasteiger partial charge on any atom is 0.255 e. The second-order valence-corrected chi connectivity index (χ2v) is 8.29. The van der Waals surface area contributed by atoms with Crippen LogP contribution in [-0.2, 0) is 11.2 Å². The zero-order valence-corrected chi connectivity index (χ0v) is 19.2. The molecule has 172 valence electrons. The van der Waals surface area contributed by atoms with Crippen molar-refractivity contribution in [2.24, 2.45) is 0 Å². The maximum absolute atomic E-state index is 13.3. The van der Waals surface area contributed by atoms with Crippen LogP contribution in [0.4, 0.5) is 4.39 Å². The molecule has 1 aromatic heterocycles. The number of piperazine rings is 1. The summed E-state index contributed by atoms with van der Waals surface area (Å²) in [7, 11) is 1.63. The third-order valence-electron chi connectivity index (χ3n) is 6.18. The molecule has 0 saturated carbocycles. The molecule has 1 saturated heterocycles. The van der Waals surface area contributed by atoms with Crippen molar-refractivity contribution < 1.29 is 18.7 Å². The third kappa shape index (κ3) is 4.77. The van der Waals surface area contributed by atoms with Crippen LogP contribution in [0.5, 0.6) is 5.75 Å². The lowest BCUT2D eigenvalue weighted by molar-refractivity contribution is -0.131. The molecule has 33 heavy (non-hydrogen) atoms. The van der Waals surface area contributed by atoms with E-state index in [-0.39, 0.29) is 24.1 Å². The summed E-state index contributed by atoms with van der Waals surface area (Å²) in [6, 6.07) is 15.7. The number of hydrogen-bond donors (Lipinski definition) is 0. The van der Waals surface area contributed by atoms with Crippen molar-refractivity contribution in [1.82, 2.24) is 14.4 Å². The van der Waals surface area contributed by atoms with E-state index < -0.39 is 0 Å². The van der Waals surface area contributed by atoms with Gasteiger partial charge in [-0.15, -0.1) is 0 Å². The van der Waals surface area contributed by atoms with Gasteiger partial charge in [0, 0.05) is 43.3 Å². The van der Waals surface area contributed by atoms with Gasteiger partial charge < -0.3 is 19.1 Å². The zero-order valence-electron chi connectivity index (χ0n) is 19.2. The number of carbonyl (C=O) groups excluding carboxylic acids is 2. The molecule has 2 amide bonds. The van der Waals surface area contributed by atoms with Crippen molar-refractivity contribution in [3.63, 3.8) is 0 Å². The number of nitrogens with zero attached hydrogens (tertiary/aromatic N) is 3. The van der Waals surface area contributed by atoms with E-state index in [1.165, 1.54) is 12.1 Å². The highest BCUT2D eigenvalue weighted by Crippen LogP contribution is 2.24. The number of benzene rings is 2. The number of amides is 2. The molecule has 1 aliphatic rings.